The molecule has 0 aliphatic carbocycles. The molecule has 0 saturated carbocycles. The van der Waals surface area contributed by atoms with Crippen molar-refractivity contribution >= 4 is 5.91 Å². The SMILES string of the molecule is CC(C)(CN)NC(=O)c1cccc2c1OCO2. The minimum absolute atomic E-state index is 0.153. The summed E-state index contributed by atoms with van der Waals surface area (Å²) in [6.07, 6.45) is 0. The van der Waals surface area contributed by atoms with E-state index in [1.54, 1.807) is 18.2 Å². The van der Waals surface area contributed by atoms with Gasteiger partial charge in [-0.25, -0.2) is 0 Å². The predicted molar refractivity (Wildman–Crippen MR) is 63.2 cm³/mol. The summed E-state index contributed by atoms with van der Waals surface area (Å²) < 4.78 is 10.5. The number of amides is 1. The summed E-state index contributed by atoms with van der Waals surface area (Å²) in [5, 5.41) is 2.85. The van der Waals surface area contributed by atoms with Crippen molar-refractivity contribution in [3.63, 3.8) is 0 Å². The van der Waals surface area contributed by atoms with Crippen molar-refractivity contribution < 1.29 is 14.3 Å². The Labute approximate surface area is 99.9 Å². The second-order valence-electron chi connectivity index (χ2n) is 4.58. The number of hydrogen-bond donors (Lipinski definition) is 2. The van der Waals surface area contributed by atoms with Crippen molar-refractivity contribution in [3.8, 4) is 11.5 Å². The van der Waals surface area contributed by atoms with Crippen molar-refractivity contribution in [2.75, 3.05) is 13.3 Å². The summed E-state index contributed by atoms with van der Waals surface area (Å²) in [5.74, 6) is 0.892. The third kappa shape index (κ3) is 2.34. The molecule has 1 amide bonds. The molecule has 17 heavy (non-hydrogen) atoms. The Bertz CT molecular complexity index is 443. The summed E-state index contributed by atoms with van der Waals surface area (Å²) >= 11 is 0. The molecule has 1 aliphatic heterocycles. The van der Waals surface area contributed by atoms with E-state index in [4.69, 9.17) is 15.2 Å². The molecule has 5 heteroatoms. The topological polar surface area (TPSA) is 73.6 Å². The van der Waals surface area contributed by atoms with E-state index in [1.807, 2.05) is 13.8 Å². The lowest BCUT2D eigenvalue weighted by Gasteiger charge is -2.24. The Balaban J connectivity index is 2.24. The van der Waals surface area contributed by atoms with Crippen molar-refractivity contribution in [1.82, 2.24) is 5.32 Å². The van der Waals surface area contributed by atoms with Gasteiger partial charge in [-0.3, -0.25) is 4.79 Å². The van der Waals surface area contributed by atoms with Crippen LogP contribution in [0.3, 0.4) is 0 Å². The molecule has 1 aromatic rings. The first-order valence-electron chi connectivity index (χ1n) is 5.45. The van der Waals surface area contributed by atoms with Crippen molar-refractivity contribution in [2.24, 2.45) is 5.73 Å². The number of nitrogens with one attached hydrogen (secondary N) is 1. The lowest BCUT2D eigenvalue weighted by Crippen LogP contribution is -2.48. The number of nitrogens with two attached hydrogens (primary N) is 1. The van der Waals surface area contributed by atoms with Crippen LogP contribution >= 0.6 is 0 Å². The second-order valence-corrected chi connectivity index (χ2v) is 4.58. The van der Waals surface area contributed by atoms with Gasteiger partial charge in [0.2, 0.25) is 6.79 Å². The van der Waals surface area contributed by atoms with Gasteiger partial charge in [0.05, 0.1) is 5.56 Å². The molecule has 5 nitrogen and oxygen atoms in total. The number of ether oxygens (including phenoxy) is 2. The number of benzene rings is 1. The van der Waals surface area contributed by atoms with Crippen LogP contribution in [0.25, 0.3) is 0 Å². The first kappa shape index (κ1) is 11.7. The van der Waals surface area contributed by atoms with Crippen LogP contribution in [0, 0.1) is 0 Å². The first-order chi connectivity index (χ1) is 8.03. The maximum Gasteiger partial charge on any atom is 0.255 e. The van der Waals surface area contributed by atoms with Crippen molar-refractivity contribution in [3.05, 3.63) is 23.8 Å². The molecule has 1 aliphatic rings. The van der Waals surface area contributed by atoms with Crippen LogP contribution in [0.15, 0.2) is 18.2 Å². The van der Waals surface area contributed by atoms with Gasteiger partial charge in [-0.1, -0.05) is 6.07 Å². The van der Waals surface area contributed by atoms with Crippen LogP contribution in [-0.2, 0) is 0 Å². The summed E-state index contributed by atoms with van der Waals surface area (Å²) in [6.45, 7) is 4.25. The fourth-order valence-corrected chi connectivity index (χ4v) is 1.53. The van der Waals surface area contributed by atoms with E-state index in [9.17, 15) is 4.79 Å². The van der Waals surface area contributed by atoms with E-state index in [0.717, 1.165) is 0 Å². The highest BCUT2D eigenvalue weighted by Crippen LogP contribution is 2.35. The first-order valence-corrected chi connectivity index (χ1v) is 5.45. The largest absolute Gasteiger partial charge is 0.454 e. The Morgan fingerprint density at radius 2 is 2.24 bits per heavy atom. The van der Waals surface area contributed by atoms with Crippen LogP contribution in [0.2, 0.25) is 0 Å². The van der Waals surface area contributed by atoms with Gasteiger partial charge in [-0.2, -0.15) is 0 Å². The van der Waals surface area contributed by atoms with Gasteiger partial charge in [-0.05, 0) is 26.0 Å². The molecule has 0 aromatic heterocycles. The number of rotatable bonds is 3. The molecule has 0 atom stereocenters. The van der Waals surface area contributed by atoms with Gasteiger partial charge < -0.3 is 20.5 Å². The zero-order chi connectivity index (χ0) is 12.5. The fourth-order valence-electron chi connectivity index (χ4n) is 1.53. The van der Waals surface area contributed by atoms with Gasteiger partial charge in [-0.15, -0.1) is 0 Å². The smallest absolute Gasteiger partial charge is 0.255 e. The van der Waals surface area contributed by atoms with Crippen LogP contribution in [0.5, 0.6) is 11.5 Å². The maximum atomic E-state index is 12.1. The lowest BCUT2D eigenvalue weighted by atomic mass is 10.0. The second kappa shape index (κ2) is 4.25. The van der Waals surface area contributed by atoms with E-state index in [2.05, 4.69) is 5.32 Å². The van der Waals surface area contributed by atoms with Gasteiger partial charge >= 0.3 is 0 Å². The highest BCUT2D eigenvalue weighted by Gasteiger charge is 2.25. The Hall–Kier alpha value is -1.75. The molecule has 3 N–H and O–H groups in total. The van der Waals surface area contributed by atoms with Gasteiger partial charge in [0.25, 0.3) is 5.91 Å². The number of para-hydroxylation sites is 1. The Kier molecular flexibility index (Phi) is 2.93. The van der Waals surface area contributed by atoms with Gasteiger partial charge in [0.1, 0.15) is 0 Å². The summed E-state index contributed by atoms with van der Waals surface area (Å²) in [4.78, 5) is 12.1. The van der Waals surface area contributed by atoms with E-state index in [-0.39, 0.29) is 12.7 Å². The molecule has 1 aromatic carbocycles. The molecule has 0 bridgehead atoms. The molecule has 0 spiro atoms. The normalized spacial score (nSPS) is 13.6. The molecular weight excluding hydrogens is 220 g/mol. The Morgan fingerprint density at radius 1 is 1.47 bits per heavy atom. The summed E-state index contributed by atoms with van der Waals surface area (Å²) in [5.41, 5.74) is 5.60. The van der Waals surface area contributed by atoms with Gasteiger partial charge in [0.15, 0.2) is 11.5 Å². The number of hydrogen-bond acceptors (Lipinski definition) is 4. The molecule has 0 radical (unpaired) electrons. The molecule has 1 heterocycles. The number of carbonyl (C=O) groups excluding carboxylic acids is 1. The Morgan fingerprint density at radius 3 is 2.94 bits per heavy atom. The van der Waals surface area contributed by atoms with E-state index in [1.165, 1.54) is 0 Å². The zero-order valence-corrected chi connectivity index (χ0v) is 9.95. The van der Waals surface area contributed by atoms with Crippen LogP contribution < -0.4 is 20.5 Å². The molecule has 0 fully saturated rings. The van der Waals surface area contributed by atoms with Crippen LogP contribution in [0.1, 0.15) is 24.2 Å². The number of fused-ring (bicyclic) bond motifs is 1. The van der Waals surface area contributed by atoms with E-state index < -0.39 is 5.54 Å². The molecule has 0 unspecified atom stereocenters. The summed E-state index contributed by atoms with van der Waals surface area (Å²) in [6, 6.07) is 5.24. The van der Waals surface area contributed by atoms with Crippen LogP contribution in [-0.4, -0.2) is 24.8 Å². The maximum absolute atomic E-state index is 12.1. The third-order valence-electron chi connectivity index (χ3n) is 2.60. The molecular formula is C12H16N2O3. The van der Waals surface area contributed by atoms with Crippen molar-refractivity contribution in [2.45, 2.75) is 19.4 Å². The molecule has 2 rings (SSSR count). The average molecular weight is 236 g/mol. The van der Waals surface area contributed by atoms with Gasteiger partial charge in [0, 0.05) is 12.1 Å². The van der Waals surface area contributed by atoms with Crippen LogP contribution in [0.4, 0.5) is 0 Å². The fraction of sp³-hybridized carbons (Fsp3) is 0.417. The summed E-state index contributed by atoms with van der Waals surface area (Å²) in [7, 11) is 0. The third-order valence-corrected chi connectivity index (χ3v) is 2.60. The standard InChI is InChI=1S/C12H16N2O3/c1-12(2,6-13)14-11(15)8-4-3-5-9-10(8)17-7-16-9/h3-5H,6-7,13H2,1-2H3,(H,14,15). The minimum atomic E-state index is -0.445. The van der Waals surface area contributed by atoms with E-state index in [0.29, 0.717) is 23.6 Å². The predicted octanol–water partition coefficient (Wildman–Crippen LogP) is 0.882. The van der Waals surface area contributed by atoms with E-state index >= 15 is 0 Å². The minimum Gasteiger partial charge on any atom is -0.454 e. The van der Waals surface area contributed by atoms with Crippen molar-refractivity contribution in [1.29, 1.82) is 0 Å². The highest BCUT2D eigenvalue weighted by atomic mass is 16.7. The molecule has 92 valence electrons. The number of carbonyl (C=O) groups is 1. The average Bonchev–Trinajstić information content (AvgIpc) is 2.76. The monoisotopic (exact) mass is 236 g/mol. The zero-order valence-electron chi connectivity index (χ0n) is 9.95. The molecule has 0 saturated heterocycles. The lowest BCUT2D eigenvalue weighted by molar-refractivity contribution is 0.0911. The highest BCUT2D eigenvalue weighted by molar-refractivity contribution is 5.98. The quantitative estimate of drug-likeness (QED) is 0.817.